The minimum atomic E-state index is -0.431. The molecule has 0 amide bonds. The monoisotopic (exact) mass is 363 g/mol. The maximum Gasteiger partial charge on any atom is 0.176 e. The topological polar surface area (TPSA) is 84.1 Å². The normalized spacial score (nSPS) is 20.0. The molecular weight excluding hydrogens is 342 g/mol. The smallest absolute Gasteiger partial charge is 0.176 e. The average Bonchev–Trinajstić information content (AvgIpc) is 3.30. The van der Waals surface area contributed by atoms with Crippen LogP contribution in [-0.2, 0) is 6.54 Å². The number of nitrogens with zero attached hydrogens (tertiary/aromatic N) is 5. The van der Waals surface area contributed by atoms with Gasteiger partial charge in [-0.1, -0.05) is 35.5 Å². The van der Waals surface area contributed by atoms with Gasteiger partial charge in [0.2, 0.25) is 0 Å². The first-order valence-electron chi connectivity index (χ1n) is 9.00. The molecule has 0 radical (unpaired) electrons. The van der Waals surface area contributed by atoms with Crippen LogP contribution in [0.1, 0.15) is 16.8 Å². The van der Waals surface area contributed by atoms with Crippen molar-refractivity contribution < 1.29 is 9.90 Å². The van der Waals surface area contributed by atoms with E-state index in [0.717, 1.165) is 11.3 Å². The first-order chi connectivity index (χ1) is 13.2. The highest BCUT2D eigenvalue weighted by Crippen LogP contribution is 2.21. The first kappa shape index (κ1) is 17.5. The summed E-state index contributed by atoms with van der Waals surface area (Å²) in [4.78, 5) is 18.7. The van der Waals surface area contributed by atoms with Crippen LogP contribution >= 0.6 is 0 Å². The lowest BCUT2D eigenvalue weighted by Crippen LogP contribution is -2.37. The molecule has 0 bridgehead atoms. The lowest BCUT2D eigenvalue weighted by molar-refractivity contribution is 0.0905. The summed E-state index contributed by atoms with van der Waals surface area (Å²) in [5.74, 6) is 0.0596. The Kier molecular flexibility index (Phi) is 5.04. The van der Waals surface area contributed by atoms with Crippen LogP contribution in [-0.4, -0.2) is 61.0 Å². The molecule has 1 aliphatic heterocycles. The van der Waals surface area contributed by atoms with Gasteiger partial charge in [-0.15, -0.1) is 5.10 Å². The lowest BCUT2D eigenvalue weighted by Gasteiger charge is -2.23. The Hall–Kier alpha value is -2.90. The number of pyridine rings is 1. The van der Waals surface area contributed by atoms with Crippen LogP contribution in [0.4, 0.5) is 0 Å². The fourth-order valence-electron chi connectivity index (χ4n) is 3.49. The zero-order chi connectivity index (χ0) is 18.6. The van der Waals surface area contributed by atoms with Crippen molar-refractivity contribution in [2.75, 3.05) is 13.1 Å². The third kappa shape index (κ3) is 4.10. The van der Waals surface area contributed by atoms with Crippen molar-refractivity contribution in [3.63, 3.8) is 0 Å². The van der Waals surface area contributed by atoms with E-state index in [1.807, 2.05) is 53.6 Å². The number of benzene rings is 1. The summed E-state index contributed by atoms with van der Waals surface area (Å²) in [6, 6.07) is 13.1. The second kappa shape index (κ2) is 7.77. The summed E-state index contributed by atoms with van der Waals surface area (Å²) in [6.07, 6.45) is 5.52. The highest BCUT2D eigenvalue weighted by Gasteiger charge is 2.32. The Balaban J connectivity index is 1.44. The Bertz CT molecular complexity index is 897. The standard InChI is InChI=1S/C20H21N5O2/c26-18-9-17(24(12-18)14-20(27)15-5-2-1-3-6-15)11-25-13-19(22-23-25)16-7-4-8-21-10-16/h1-8,10,13,17-18,26H,9,11-12,14H2/t17-,18-/m1/s1. The van der Waals surface area contributed by atoms with E-state index < -0.39 is 6.10 Å². The minimum absolute atomic E-state index is 0.0381. The summed E-state index contributed by atoms with van der Waals surface area (Å²) in [5, 5.41) is 18.5. The maximum atomic E-state index is 12.5. The molecule has 1 aromatic carbocycles. The molecule has 1 fully saturated rings. The van der Waals surface area contributed by atoms with Crippen molar-refractivity contribution in [2.45, 2.75) is 25.1 Å². The van der Waals surface area contributed by atoms with E-state index in [1.165, 1.54) is 0 Å². The lowest BCUT2D eigenvalue weighted by atomic mass is 10.1. The van der Waals surface area contributed by atoms with Gasteiger partial charge in [0.15, 0.2) is 5.78 Å². The number of likely N-dealkylation sites (tertiary alicyclic amines) is 1. The number of aromatic nitrogens is 4. The van der Waals surface area contributed by atoms with E-state index in [9.17, 15) is 9.90 Å². The largest absolute Gasteiger partial charge is 0.392 e. The number of ketones is 1. The predicted octanol–water partition coefficient (Wildman–Crippen LogP) is 1.66. The van der Waals surface area contributed by atoms with Gasteiger partial charge in [0, 0.05) is 36.1 Å². The van der Waals surface area contributed by atoms with Crippen molar-refractivity contribution in [2.24, 2.45) is 0 Å². The number of aliphatic hydroxyl groups is 1. The third-order valence-electron chi connectivity index (χ3n) is 4.84. The van der Waals surface area contributed by atoms with Crippen LogP contribution in [0.5, 0.6) is 0 Å². The van der Waals surface area contributed by atoms with E-state index in [0.29, 0.717) is 25.1 Å². The highest BCUT2D eigenvalue weighted by atomic mass is 16.3. The summed E-state index contributed by atoms with van der Waals surface area (Å²) < 4.78 is 1.77. The Morgan fingerprint density at radius 2 is 2.04 bits per heavy atom. The zero-order valence-electron chi connectivity index (χ0n) is 14.8. The summed E-state index contributed by atoms with van der Waals surface area (Å²) in [5.41, 5.74) is 2.36. The molecule has 138 valence electrons. The number of carbonyl (C=O) groups excluding carboxylic acids is 1. The fourth-order valence-corrected chi connectivity index (χ4v) is 3.49. The number of rotatable bonds is 6. The molecule has 1 aliphatic rings. The molecule has 2 aromatic heterocycles. The van der Waals surface area contributed by atoms with Crippen LogP contribution in [0.3, 0.4) is 0 Å². The molecule has 0 saturated carbocycles. The highest BCUT2D eigenvalue weighted by molar-refractivity contribution is 5.97. The van der Waals surface area contributed by atoms with E-state index in [2.05, 4.69) is 15.3 Å². The van der Waals surface area contributed by atoms with E-state index >= 15 is 0 Å². The van der Waals surface area contributed by atoms with Gasteiger partial charge in [0.05, 0.1) is 25.4 Å². The molecule has 27 heavy (non-hydrogen) atoms. The summed E-state index contributed by atoms with van der Waals surface area (Å²) >= 11 is 0. The fraction of sp³-hybridized carbons (Fsp3) is 0.300. The predicted molar refractivity (Wildman–Crippen MR) is 100 cm³/mol. The molecule has 3 heterocycles. The molecule has 0 spiro atoms. The minimum Gasteiger partial charge on any atom is -0.392 e. The molecule has 2 atom stereocenters. The molecule has 3 aromatic rings. The molecule has 7 heteroatoms. The van der Waals surface area contributed by atoms with Crippen LogP contribution in [0.2, 0.25) is 0 Å². The van der Waals surface area contributed by atoms with E-state index in [-0.39, 0.29) is 18.4 Å². The number of hydrogen-bond acceptors (Lipinski definition) is 6. The maximum absolute atomic E-state index is 12.5. The van der Waals surface area contributed by atoms with Crippen molar-refractivity contribution in [1.82, 2.24) is 24.9 Å². The quantitative estimate of drug-likeness (QED) is 0.671. The number of Topliss-reactive ketones (excluding diaryl/α,β-unsaturated/α-hetero) is 1. The SMILES string of the molecule is O=C(CN1C[C@H](O)C[C@@H]1Cn1cc(-c2cccnc2)nn1)c1ccccc1. The van der Waals surface area contributed by atoms with Crippen LogP contribution < -0.4 is 0 Å². The number of hydrogen-bond donors (Lipinski definition) is 1. The van der Waals surface area contributed by atoms with E-state index in [4.69, 9.17) is 0 Å². The average molecular weight is 363 g/mol. The van der Waals surface area contributed by atoms with Gasteiger partial charge in [0.1, 0.15) is 5.69 Å². The molecule has 1 saturated heterocycles. The van der Waals surface area contributed by atoms with Gasteiger partial charge < -0.3 is 5.11 Å². The summed E-state index contributed by atoms with van der Waals surface area (Å²) in [7, 11) is 0. The van der Waals surface area contributed by atoms with Crippen molar-refractivity contribution in [1.29, 1.82) is 0 Å². The third-order valence-corrected chi connectivity index (χ3v) is 4.84. The molecule has 4 rings (SSSR count). The Labute approximate surface area is 157 Å². The van der Waals surface area contributed by atoms with Crippen LogP contribution in [0.15, 0.2) is 61.1 Å². The Morgan fingerprint density at radius 1 is 1.19 bits per heavy atom. The number of β-amino-alcohol motifs (C(OH)–C–C–N with tert-alkyl or cyclic N) is 1. The van der Waals surface area contributed by atoms with Crippen molar-refractivity contribution in [3.05, 3.63) is 66.6 Å². The van der Waals surface area contributed by atoms with Gasteiger partial charge in [-0.25, -0.2) is 0 Å². The van der Waals surface area contributed by atoms with Gasteiger partial charge in [-0.05, 0) is 18.6 Å². The second-order valence-electron chi connectivity index (χ2n) is 6.83. The van der Waals surface area contributed by atoms with E-state index in [1.54, 1.807) is 17.1 Å². The van der Waals surface area contributed by atoms with Crippen molar-refractivity contribution >= 4 is 5.78 Å². The van der Waals surface area contributed by atoms with Gasteiger partial charge in [0.25, 0.3) is 0 Å². The van der Waals surface area contributed by atoms with Gasteiger partial charge in [-0.2, -0.15) is 0 Å². The van der Waals surface area contributed by atoms with Crippen molar-refractivity contribution in [3.8, 4) is 11.3 Å². The second-order valence-corrected chi connectivity index (χ2v) is 6.83. The zero-order valence-corrected chi connectivity index (χ0v) is 14.8. The molecule has 0 unspecified atom stereocenters. The molecule has 1 N–H and O–H groups in total. The van der Waals surface area contributed by atoms with Crippen LogP contribution in [0.25, 0.3) is 11.3 Å². The molecule has 7 nitrogen and oxygen atoms in total. The van der Waals surface area contributed by atoms with Gasteiger partial charge in [-0.3, -0.25) is 19.4 Å². The molecular formula is C20H21N5O2. The van der Waals surface area contributed by atoms with Crippen LogP contribution in [0, 0.1) is 0 Å². The first-order valence-corrected chi connectivity index (χ1v) is 9.00. The summed E-state index contributed by atoms with van der Waals surface area (Å²) in [6.45, 7) is 1.36. The Morgan fingerprint density at radius 3 is 2.81 bits per heavy atom. The van der Waals surface area contributed by atoms with Gasteiger partial charge >= 0.3 is 0 Å². The molecule has 0 aliphatic carbocycles. The number of aliphatic hydroxyl groups excluding tert-OH is 1. The number of carbonyl (C=O) groups is 1.